The number of rotatable bonds is 5. The predicted octanol–water partition coefficient (Wildman–Crippen LogP) is 3.10. The van der Waals surface area contributed by atoms with Crippen LogP contribution in [-0.2, 0) is 17.7 Å². The molecule has 0 saturated heterocycles. The largest absolute Gasteiger partial charge is 0.464 e. The zero-order valence-corrected chi connectivity index (χ0v) is 11.8. The van der Waals surface area contributed by atoms with Crippen molar-refractivity contribution in [1.82, 2.24) is 4.98 Å². The van der Waals surface area contributed by atoms with Crippen molar-refractivity contribution in [3.63, 3.8) is 0 Å². The van der Waals surface area contributed by atoms with Crippen molar-refractivity contribution in [2.45, 2.75) is 19.9 Å². The Bertz CT molecular complexity index is 566. The van der Waals surface area contributed by atoms with Gasteiger partial charge >= 0.3 is 5.97 Å². The lowest BCUT2D eigenvalue weighted by Gasteiger charge is -2.07. The molecule has 4 nitrogen and oxygen atoms in total. The standard InChI is InChI=1S/C14H16N2O2S/c1-3-10-5-7-19-13(10)9-16-11-4-6-15-12(8-11)14(17)18-2/h4-8H,3,9H2,1-2H3,(H,15,16). The first-order valence-electron chi connectivity index (χ1n) is 6.08. The third kappa shape index (κ3) is 3.32. The summed E-state index contributed by atoms with van der Waals surface area (Å²) in [5.41, 5.74) is 2.54. The lowest BCUT2D eigenvalue weighted by molar-refractivity contribution is 0.0594. The number of aryl methyl sites for hydroxylation is 1. The number of nitrogens with zero attached hydrogens (tertiary/aromatic N) is 1. The third-order valence-corrected chi connectivity index (χ3v) is 3.79. The molecular weight excluding hydrogens is 260 g/mol. The van der Waals surface area contributed by atoms with Crippen LogP contribution in [0.3, 0.4) is 0 Å². The van der Waals surface area contributed by atoms with Gasteiger partial charge < -0.3 is 10.1 Å². The molecule has 0 fully saturated rings. The second-order valence-electron chi connectivity index (χ2n) is 4.00. The Hall–Kier alpha value is -1.88. The lowest BCUT2D eigenvalue weighted by atomic mass is 10.2. The molecule has 0 amide bonds. The number of hydrogen-bond donors (Lipinski definition) is 1. The van der Waals surface area contributed by atoms with Crippen LogP contribution in [-0.4, -0.2) is 18.1 Å². The van der Waals surface area contributed by atoms with E-state index in [1.54, 1.807) is 23.6 Å². The summed E-state index contributed by atoms with van der Waals surface area (Å²) in [6.07, 6.45) is 2.63. The van der Waals surface area contributed by atoms with E-state index in [2.05, 4.69) is 33.4 Å². The summed E-state index contributed by atoms with van der Waals surface area (Å²) < 4.78 is 4.65. The molecule has 0 aliphatic carbocycles. The number of nitrogens with one attached hydrogen (secondary N) is 1. The van der Waals surface area contributed by atoms with Gasteiger partial charge in [0.25, 0.3) is 0 Å². The average molecular weight is 276 g/mol. The zero-order chi connectivity index (χ0) is 13.7. The monoisotopic (exact) mass is 276 g/mol. The van der Waals surface area contributed by atoms with Crippen molar-refractivity contribution in [3.05, 3.63) is 45.9 Å². The van der Waals surface area contributed by atoms with E-state index in [0.717, 1.165) is 18.7 Å². The molecule has 100 valence electrons. The van der Waals surface area contributed by atoms with E-state index in [1.165, 1.54) is 17.6 Å². The molecule has 0 aromatic carbocycles. The average Bonchev–Trinajstić information content (AvgIpc) is 2.92. The third-order valence-electron chi connectivity index (χ3n) is 2.83. The highest BCUT2D eigenvalue weighted by atomic mass is 32.1. The molecule has 0 atom stereocenters. The van der Waals surface area contributed by atoms with E-state index in [9.17, 15) is 4.79 Å². The van der Waals surface area contributed by atoms with Gasteiger partial charge in [0, 0.05) is 23.3 Å². The number of pyridine rings is 1. The molecule has 0 aliphatic rings. The number of carbonyl (C=O) groups excluding carboxylic acids is 1. The summed E-state index contributed by atoms with van der Waals surface area (Å²) in [5.74, 6) is -0.422. The van der Waals surface area contributed by atoms with Gasteiger partial charge in [-0.15, -0.1) is 11.3 Å². The SMILES string of the molecule is CCc1ccsc1CNc1ccnc(C(=O)OC)c1. The van der Waals surface area contributed by atoms with Crippen LogP contribution in [0.5, 0.6) is 0 Å². The highest BCUT2D eigenvalue weighted by molar-refractivity contribution is 7.10. The van der Waals surface area contributed by atoms with Crippen LogP contribution in [0.4, 0.5) is 5.69 Å². The first-order valence-corrected chi connectivity index (χ1v) is 6.96. The molecule has 0 radical (unpaired) electrons. The summed E-state index contributed by atoms with van der Waals surface area (Å²) in [5, 5.41) is 5.40. The molecule has 2 heterocycles. The number of ether oxygens (including phenoxy) is 1. The number of aromatic nitrogens is 1. The van der Waals surface area contributed by atoms with Crippen LogP contribution in [0.1, 0.15) is 27.9 Å². The maximum Gasteiger partial charge on any atom is 0.356 e. The molecule has 0 spiro atoms. The predicted molar refractivity (Wildman–Crippen MR) is 76.6 cm³/mol. The van der Waals surface area contributed by atoms with E-state index >= 15 is 0 Å². The van der Waals surface area contributed by atoms with E-state index in [1.807, 2.05) is 6.07 Å². The quantitative estimate of drug-likeness (QED) is 0.853. The van der Waals surface area contributed by atoms with Gasteiger partial charge in [-0.05, 0) is 35.6 Å². The Morgan fingerprint density at radius 3 is 3.05 bits per heavy atom. The van der Waals surface area contributed by atoms with Crippen molar-refractivity contribution in [2.24, 2.45) is 0 Å². The van der Waals surface area contributed by atoms with Crippen LogP contribution in [0.25, 0.3) is 0 Å². The van der Waals surface area contributed by atoms with Crippen LogP contribution in [0.15, 0.2) is 29.8 Å². The summed E-state index contributed by atoms with van der Waals surface area (Å²) in [7, 11) is 1.35. The van der Waals surface area contributed by atoms with Gasteiger partial charge in [-0.25, -0.2) is 9.78 Å². The molecule has 2 aromatic heterocycles. The minimum Gasteiger partial charge on any atom is -0.464 e. The second-order valence-corrected chi connectivity index (χ2v) is 5.00. The smallest absolute Gasteiger partial charge is 0.356 e. The fourth-order valence-corrected chi connectivity index (χ4v) is 2.69. The molecular formula is C14H16N2O2S. The van der Waals surface area contributed by atoms with Crippen LogP contribution in [0.2, 0.25) is 0 Å². The van der Waals surface area contributed by atoms with E-state index in [0.29, 0.717) is 5.69 Å². The molecule has 1 N–H and O–H groups in total. The fourth-order valence-electron chi connectivity index (χ4n) is 1.78. The lowest BCUT2D eigenvalue weighted by Crippen LogP contribution is -2.06. The summed E-state index contributed by atoms with van der Waals surface area (Å²) in [4.78, 5) is 16.7. The maximum atomic E-state index is 11.4. The van der Waals surface area contributed by atoms with Gasteiger partial charge in [0.1, 0.15) is 5.69 Å². The second kappa shape index (κ2) is 6.33. The number of thiophene rings is 1. The fraction of sp³-hybridized carbons (Fsp3) is 0.286. The van der Waals surface area contributed by atoms with Gasteiger partial charge in [0.2, 0.25) is 0 Å². The van der Waals surface area contributed by atoms with Gasteiger partial charge in [0.05, 0.1) is 7.11 Å². The Balaban J connectivity index is 2.05. The van der Waals surface area contributed by atoms with Crippen LogP contribution >= 0.6 is 11.3 Å². The van der Waals surface area contributed by atoms with Crippen molar-refractivity contribution in [3.8, 4) is 0 Å². The molecule has 0 aliphatic heterocycles. The number of esters is 1. The Morgan fingerprint density at radius 2 is 2.32 bits per heavy atom. The molecule has 0 saturated carbocycles. The van der Waals surface area contributed by atoms with Gasteiger partial charge in [-0.3, -0.25) is 0 Å². The van der Waals surface area contributed by atoms with E-state index < -0.39 is 5.97 Å². The zero-order valence-electron chi connectivity index (χ0n) is 11.0. The van der Waals surface area contributed by atoms with E-state index in [4.69, 9.17) is 0 Å². The normalized spacial score (nSPS) is 10.2. The number of carbonyl (C=O) groups is 1. The van der Waals surface area contributed by atoms with Crippen molar-refractivity contribution in [2.75, 3.05) is 12.4 Å². The molecule has 5 heteroatoms. The molecule has 2 aromatic rings. The van der Waals surface area contributed by atoms with E-state index in [-0.39, 0.29) is 0 Å². The first kappa shape index (κ1) is 13.5. The molecule has 2 rings (SSSR count). The Kier molecular flexibility index (Phi) is 4.52. The summed E-state index contributed by atoms with van der Waals surface area (Å²) in [6, 6.07) is 5.69. The molecule has 0 unspecified atom stereocenters. The summed E-state index contributed by atoms with van der Waals surface area (Å²) >= 11 is 1.74. The number of methoxy groups -OCH3 is 1. The Morgan fingerprint density at radius 1 is 1.47 bits per heavy atom. The number of anilines is 1. The van der Waals surface area contributed by atoms with Gasteiger partial charge in [0.15, 0.2) is 0 Å². The van der Waals surface area contributed by atoms with Crippen molar-refractivity contribution < 1.29 is 9.53 Å². The highest BCUT2D eigenvalue weighted by Crippen LogP contribution is 2.19. The molecule has 0 bridgehead atoms. The number of hydrogen-bond acceptors (Lipinski definition) is 5. The van der Waals surface area contributed by atoms with Crippen molar-refractivity contribution >= 4 is 23.0 Å². The topological polar surface area (TPSA) is 51.2 Å². The van der Waals surface area contributed by atoms with Crippen LogP contribution < -0.4 is 5.32 Å². The maximum absolute atomic E-state index is 11.4. The highest BCUT2D eigenvalue weighted by Gasteiger charge is 2.08. The van der Waals surface area contributed by atoms with Crippen molar-refractivity contribution in [1.29, 1.82) is 0 Å². The summed E-state index contributed by atoms with van der Waals surface area (Å²) in [6.45, 7) is 2.90. The minimum absolute atomic E-state index is 0.314. The van der Waals surface area contributed by atoms with Gasteiger partial charge in [-0.1, -0.05) is 6.92 Å². The van der Waals surface area contributed by atoms with Crippen LogP contribution in [0, 0.1) is 0 Å². The Labute approximate surface area is 116 Å². The first-order chi connectivity index (χ1) is 9.24. The minimum atomic E-state index is -0.422. The molecule has 19 heavy (non-hydrogen) atoms. The van der Waals surface area contributed by atoms with Gasteiger partial charge in [-0.2, -0.15) is 0 Å².